The summed E-state index contributed by atoms with van der Waals surface area (Å²) in [7, 11) is 0. The third kappa shape index (κ3) is 4.64. The van der Waals surface area contributed by atoms with Crippen LogP contribution in [0.25, 0.3) is 66.1 Å². The summed E-state index contributed by atoms with van der Waals surface area (Å²) in [6.45, 7) is 4.70. The molecule has 10 rings (SSSR count). The number of rotatable bonds is 5. The van der Waals surface area contributed by atoms with E-state index >= 15 is 0 Å². The maximum absolute atomic E-state index is 6.55. The molecule has 0 atom stereocenters. The Labute approximate surface area is 297 Å². The average molecular weight is 654 g/mol. The van der Waals surface area contributed by atoms with Crippen LogP contribution in [-0.4, -0.2) is 0 Å². The van der Waals surface area contributed by atoms with Crippen LogP contribution < -0.4 is 4.90 Å². The third-order valence-electron chi connectivity index (χ3n) is 10.9. The minimum absolute atomic E-state index is 0.128. The van der Waals surface area contributed by atoms with Gasteiger partial charge in [0.15, 0.2) is 0 Å². The topological polar surface area (TPSA) is 16.4 Å². The van der Waals surface area contributed by atoms with Crippen LogP contribution in [0.3, 0.4) is 0 Å². The van der Waals surface area contributed by atoms with Gasteiger partial charge in [0, 0.05) is 39.2 Å². The van der Waals surface area contributed by atoms with E-state index in [1.807, 2.05) is 6.07 Å². The van der Waals surface area contributed by atoms with Crippen LogP contribution in [0.2, 0.25) is 0 Å². The first-order chi connectivity index (χ1) is 25.0. The number of hydrogen-bond acceptors (Lipinski definition) is 2. The van der Waals surface area contributed by atoms with Gasteiger partial charge in [-0.3, -0.25) is 0 Å². The minimum atomic E-state index is -0.128. The number of anilines is 3. The van der Waals surface area contributed by atoms with Gasteiger partial charge in [-0.25, -0.2) is 0 Å². The number of furan rings is 1. The molecule has 8 aromatic carbocycles. The average Bonchev–Trinajstić information content (AvgIpc) is 3.66. The van der Waals surface area contributed by atoms with Gasteiger partial charge >= 0.3 is 0 Å². The molecule has 0 N–H and O–H groups in total. The fourth-order valence-corrected chi connectivity index (χ4v) is 8.32. The highest BCUT2D eigenvalue weighted by atomic mass is 16.3. The van der Waals surface area contributed by atoms with Gasteiger partial charge in [0.05, 0.1) is 5.69 Å². The number of benzene rings is 8. The van der Waals surface area contributed by atoms with Crippen molar-refractivity contribution in [1.82, 2.24) is 0 Å². The summed E-state index contributed by atoms with van der Waals surface area (Å²) in [6, 6.07) is 63.7. The molecule has 0 fully saturated rings. The Balaban J connectivity index is 1.22. The Hall–Kier alpha value is -6.38. The molecule has 51 heavy (non-hydrogen) atoms. The lowest BCUT2D eigenvalue weighted by molar-refractivity contribution is 0.660. The molecule has 2 heteroatoms. The van der Waals surface area contributed by atoms with E-state index in [0.717, 1.165) is 50.1 Å². The lowest BCUT2D eigenvalue weighted by Gasteiger charge is -2.30. The van der Waals surface area contributed by atoms with E-state index in [2.05, 4.69) is 189 Å². The number of fused-ring (bicyclic) bond motifs is 7. The summed E-state index contributed by atoms with van der Waals surface area (Å²) in [5.41, 5.74) is 15.0. The van der Waals surface area contributed by atoms with Crippen LogP contribution >= 0.6 is 0 Å². The summed E-state index contributed by atoms with van der Waals surface area (Å²) in [5.74, 6) is 0. The zero-order valence-corrected chi connectivity index (χ0v) is 28.6. The van der Waals surface area contributed by atoms with Crippen molar-refractivity contribution in [2.75, 3.05) is 4.90 Å². The SMILES string of the molecule is CC1(C)c2ccccc2-c2ccc(N(c3ccc(-c4cccc5ccccc45)cc3)c3cc4oc5ccccc5c4cc3-c3ccccc3)cc21. The predicted octanol–water partition coefficient (Wildman–Crippen LogP) is 13.8. The van der Waals surface area contributed by atoms with Crippen LogP contribution in [0.15, 0.2) is 180 Å². The van der Waals surface area contributed by atoms with Crippen molar-refractivity contribution < 1.29 is 4.42 Å². The maximum atomic E-state index is 6.55. The molecule has 1 aliphatic carbocycles. The number of hydrogen-bond donors (Lipinski definition) is 0. The van der Waals surface area contributed by atoms with Crippen LogP contribution in [0.4, 0.5) is 17.1 Å². The zero-order valence-electron chi connectivity index (χ0n) is 28.6. The van der Waals surface area contributed by atoms with Crippen molar-refractivity contribution in [1.29, 1.82) is 0 Å². The molecule has 0 radical (unpaired) electrons. The second-order valence-electron chi connectivity index (χ2n) is 14.1. The highest BCUT2D eigenvalue weighted by Gasteiger charge is 2.36. The Kier molecular flexibility index (Phi) is 6.56. The standard InChI is InChI=1S/C49H35NO/c1-49(2)44-21-10-8-18-39(44)40-28-27-36(29-45(40)49)50(35-25-23-34(24-26-35)38-20-12-16-32-15-6-7-17-37(32)38)46-31-48-43(41-19-9-11-22-47(41)51-48)30-42(46)33-13-4-3-5-14-33/h3-31H,1-2H3. The molecule has 1 aromatic heterocycles. The molecule has 0 saturated carbocycles. The van der Waals surface area contributed by atoms with Crippen LogP contribution in [0, 0.1) is 0 Å². The summed E-state index contributed by atoms with van der Waals surface area (Å²) < 4.78 is 6.55. The van der Waals surface area contributed by atoms with Gasteiger partial charge in [0.2, 0.25) is 0 Å². The molecular formula is C49H35NO. The van der Waals surface area contributed by atoms with Crippen molar-refractivity contribution >= 4 is 49.8 Å². The summed E-state index contributed by atoms with van der Waals surface area (Å²) in [5, 5.41) is 4.74. The first-order valence-corrected chi connectivity index (χ1v) is 17.7. The summed E-state index contributed by atoms with van der Waals surface area (Å²) in [6.07, 6.45) is 0. The molecule has 0 aliphatic heterocycles. The third-order valence-corrected chi connectivity index (χ3v) is 10.9. The van der Waals surface area contributed by atoms with E-state index in [1.165, 1.54) is 44.2 Å². The Morgan fingerprint density at radius 1 is 0.412 bits per heavy atom. The highest BCUT2D eigenvalue weighted by molar-refractivity contribution is 6.09. The van der Waals surface area contributed by atoms with Crippen LogP contribution in [0.5, 0.6) is 0 Å². The maximum Gasteiger partial charge on any atom is 0.137 e. The van der Waals surface area contributed by atoms with Gasteiger partial charge in [0.1, 0.15) is 11.2 Å². The van der Waals surface area contributed by atoms with Gasteiger partial charge in [0.25, 0.3) is 0 Å². The molecule has 9 aromatic rings. The Bertz CT molecular complexity index is 2770. The second kappa shape index (κ2) is 11.3. The lowest BCUT2D eigenvalue weighted by Crippen LogP contribution is -2.17. The molecule has 242 valence electrons. The monoisotopic (exact) mass is 653 g/mol. The molecule has 0 spiro atoms. The molecule has 1 heterocycles. The Morgan fingerprint density at radius 2 is 1.06 bits per heavy atom. The quantitative estimate of drug-likeness (QED) is 0.184. The minimum Gasteiger partial charge on any atom is -0.456 e. The van der Waals surface area contributed by atoms with Crippen molar-refractivity contribution in [2.45, 2.75) is 19.3 Å². The van der Waals surface area contributed by atoms with Gasteiger partial charge in [-0.2, -0.15) is 0 Å². The van der Waals surface area contributed by atoms with Gasteiger partial charge in [-0.1, -0.05) is 147 Å². The molecule has 1 aliphatic rings. The number of nitrogens with zero attached hydrogens (tertiary/aromatic N) is 1. The smallest absolute Gasteiger partial charge is 0.137 e. The molecule has 0 amide bonds. The van der Waals surface area contributed by atoms with Crippen molar-refractivity contribution in [2.24, 2.45) is 0 Å². The van der Waals surface area contributed by atoms with Crippen molar-refractivity contribution in [3.63, 3.8) is 0 Å². The molecular weight excluding hydrogens is 619 g/mol. The fourth-order valence-electron chi connectivity index (χ4n) is 8.32. The fraction of sp³-hybridized carbons (Fsp3) is 0.0612. The van der Waals surface area contributed by atoms with Crippen LogP contribution in [0.1, 0.15) is 25.0 Å². The van der Waals surface area contributed by atoms with E-state index in [1.54, 1.807) is 0 Å². The van der Waals surface area contributed by atoms with E-state index in [9.17, 15) is 0 Å². The van der Waals surface area contributed by atoms with Crippen LogP contribution in [-0.2, 0) is 5.41 Å². The first kappa shape index (κ1) is 29.5. The van der Waals surface area contributed by atoms with E-state index in [4.69, 9.17) is 4.42 Å². The van der Waals surface area contributed by atoms with Gasteiger partial charge in [-0.15, -0.1) is 0 Å². The highest BCUT2D eigenvalue weighted by Crippen LogP contribution is 2.52. The van der Waals surface area contributed by atoms with Crippen molar-refractivity contribution in [3.05, 3.63) is 187 Å². The predicted molar refractivity (Wildman–Crippen MR) is 214 cm³/mol. The van der Waals surface area contributed by atoms with E-state index in [-0.39, 0.29) is 5.41 Å². The summed E-state index contributed by atoms with van der Waals surface area (Å²) in [4.78, 5) is 2.42. The second-order valence-corrected chi connectivity index (χ2v) is 14.1. The molecule has 0 bridgehead atoms. The molecule has 2 nitrogen and oxygen atoms in total. The van der Waals surface area contributed by atoms with Crippen molar-refractivity contribution in [3.8, 4) is 33.4 Å². The largest absolute Gasteiger partial charge is 0.456 e. The molecule has 0 saturated heterocycles. The van der Waals surface area contributed by atoms with Gasteiger partial charge < -0.3 is 9.32 Å². The zero-order chi connectivity index (χ0) is 34.1. The lowest BCUT2D eigenvalue weighted by atomic mass is 9.82. The van der Waals surface area contributed by atoms with E-state index < -0.39 is 0 Å². The van der Waals surface area contributed by atoms with Gasteiger partial charge in [-0.05, 0) is 86.1 Å². The number of para-hydroxylation sites is 1. The Morgan fingerprint density at radius 3 is 1.92 bits per heavy atom. The summed E-state index contributed by atoms with van der Waals surface area (Å²) >= 11 is 0. The van der Waals surface area contributed by atoms with E-state index in [0.29, 0.717) is 0 Å². The molecule has 0 unspecified atom stereocenters. The normalized spacial score (nSPS) is 13.1. The first-order valence-electron chi connectivity index (χ1n) is 17.7.